The lowest BCUT2D eigenvalue weighted by molar-refractivity contribution is -0.127. The second-order valence-electron chi connectivity index (χ2n) is 5.29. The number of ether oxygens (including phenoxy) is 1. The maximum Gasteiger partial charge on any atom is 0.280 e. The van der Waals surface area contributed by atoms with E-state index in [9.17, 15) is 4.79 Å². The van der Waals surface area contributed by atoms with Gasteiger partial charge in [-0.2, -0.15) is 10.4 Å². The summed E-state index contributed by atoms with van der Waals surface area (Å²) in [6, 6.07) is 15.9. The number of nitriles is 1. The fourth-order valence-corrected chi connectivity index (χ4v) is 2.29. The number of nitrogens with zero attached hydrogens (tertiary/aromatic N) is 2. The first-order valence-electron chi connectivity index (χ1n) is 7.82. The van der Waals surface area contributed by atoms with E-state index in [4.69, 9.17) is 21.6 Å². The van der Waals surface area contributed by atoms with Gasteiger partial charge < -0.3 is 4.74 Å². The zero-order valence-electron chi connectivity index (χ0n) is 14.0. The average Bonchev–Trinajstić information content (AvgIpc) is 2.62. The lowest BCUT2D eigenvalue weighted by atomic mass is 10.1. The number of nitrogens with one attached hydrogen (secondary N) is 1. The van der Waals surface area contributed by atoms with Crippen molar-refractivity contribution in [3.8, 4) is 11.8 Å². The first-order chi connectivity index (χ1) is 12.0. The Balaban J connectivity index is 2.00. The minimum absolute atomic E-state index is 0.364. The second kappa shape index (κ2) is 8.86. The lowest BCUT2D eigenvalue weighted by Gasteiger charge is -2.13. The Morgan fingerprint density at radius 3 is 2.64 bits per heavy atom. The summed E-state index contributed by atoms with van der Waals surface area (Å²) in [5.74, 6) is 0.147. The summed E-state index contributed by atoms with van der Waals surface area (Å²) in [6.07, 6.45) is -0.0833. The smallest absolute Gasteiger partial charge is 0.280 e. The fraction of sp³-hybridized carbons (Fsp3) is 0.211. The van der Waals surface area contributed by atoms with Crippen molar-refractivity contribution in [3.63, 3.8) is 0 Å². The average molecular weight is 356 g/mol. The van der Waals surface area contributed by atoms with E-state index in [1.54, 1.807) is 43.3 Å². The molecular weight excluding hydrogens is 338 g/mol. The van der Waals surface area contributed by atoms with Gasteiger partial charge in [-0.25, -0.2) is 5.43 Å². The number of hydrogen-bond donors (Lipinski definition) is 1. The van der Waals surface area contributed by atoms with E-state index in [1.807, 2.05) is 25.1 Å². The molecule has 1 atom stereocenters. The molecule has 0 spiro atoms. The van der Waals surface area contributed by atoms with Crippen molar-refractivity contribution in [2.75, 3.05) is 0 Å². The van der Waals surface area contributed by atoms with Crippen molar-refractivity contribution in [3.05, 3.63) is 64.7 Å². The van der Waals surface area contributed by atoms with Crippen molar-refractivity contribution in [1.82, 2.24) is 5.43 Å². The van der Waals surface area contributed by atoms with Gasteiger partial charge >= 0.3 is 0 Å². The summed E-state index contributed by atoms with van der Waals surface area (Å²) >= 11 is 5.99. The van der Waals surface area contributed by atoms with E-state index < -0.39 is 6.10 Å². The highest BCUT2D eigenvalue weighted by Gasteiger charge is 2.14. The Labute approximate surface area is 151 Å². The molecule has 0 saturated carbocycles. The number of hydrogen-bond acceptors (Lipinski definition) is 4. The molecular formula is C19H18ClN3O2. The number of hydrazone groups is 1. The highest BCUT2D eigenvalue weighted by Crippen LogP contribution is 2.14. The van der Waals surface area contributed by atoms with Crippen LogP contribution in [0.1, 0.15) is 31.4 Å². The largest absolute Gasteiger partial charge is 0.481 e. The third-order valence-corrected chi connectivity index (χ3v) is 3.69. The third kappa shape index (κ3) is 5.33. The van der Waals surface area contributed by atoms with Gasteiger partial charge in [0, 0.05) is 5.02 Å². The summed E-state index contributed by atoms with van der Waals surface area (Å²) in [6.45, 7) is 3.58. The van der Waals surface area contributed by atoms with Crippen LogP contribution in [0.5, 0.6) is 5.75 Å². The summed E-state index contributed by atoms with van der Waals surface area (Å²) in [4.78, 5) is 12.2. The maximum absolute atomic E-state index is 12.2. The van der Waals surface area contributed by atoms with Crippen LogP contribution in [0, 0.1) is 11.3 Å². The normalized spacial score (nSPS) is 12.2. The van der Waals surface area contributed by atoms with E-state index >= 15 is 0 Å². The van der Waals surface area contributed by atoms with Gasteiger partial charge in [-0.15, -0.1) is 0 Å². The Bertz CT molecular complexity index is 810. The van der Waals surface area contributed by atoms with Gasteiger partial charge in [-0.3, -0.25) is 4.79 Å². The van der Waals surface area contributed by atoms with Crippen molar-refractivity contribution in [1.29, 1.82) is 5.26 Å². The van der Waals surface area contributed by atoms with Gasteiger partial charge in [0.15, 0.2) is 6.10 Å². The quantitative estimate of drug-likeness (QED) is 0.630. The van der Waals surface area contributed by atoms with Gasteiger partial charge in [0.2, 0.25) is 0 Å². The molecule has 0 saturated heterocycles. The van der Waals surface area contributed by atoms with Crippen molar-refractivity contribution in [2.45, 2.75) is 26.4 Å². The molecule has 0 radical (unpaired) electrons. The topological polar surface area (TPSA) is 74.5 Å². The molecule has 128 valence electrons. The molecule has 25 heavy (non-hydrogen) atoms. The Kier molecular flexibility index (Phi) is 6.55. The molecule has 2 rings (SSSR count). The highest BCUT2D eigenvalue weighted by atomic mass is 35.5. The molecule has 0 aliphatic heterocycles. The number of amides is 1. The van der Waals surface area contributed by atoms with E-state index in [0.717, 1.165) is 11.3 Å². The van der Waals surface area contributed by atoms with Gasteiger partial charge in [0.1, 0.15) is 5.75 Å². The Morgan fingerprint density at radius 1 is 1.32 bits per heavy atom. The molecule has 2 aromatic carbocycles. The van der Waals surface area contributed by atoms with E-state index in [0.29, 0.717) is 22.8 Å². The molecule has 1 unspecified atom stereocenters. The molecule has 5 nitrogen and oxygen atoms in total. The van der Waals surface area contributed by atoms with Crippen LogP contribution in [0.25, 0.3) is 0 Å². The third-order valence-electron chi connectivity index (χ3n) is 3.46. The first kappa shape index (κ1) is 18.5. The molecule has 0 heterocycles. The van der Waals surface area contributed by atoms with Gasteiger partial charge in [0.05, 0.1) is 17.3 Å². The van der Waals surface area contributed by atoms with Crippen LogP contribution in [0.15, 0.2) is 53.6 Å². The molecule has 0 fully saturated rings. The predicted molar refractivity (Wildman–Crippen MR) is 97.7 cm³/mol. The van der Waals surface area contributed by atoms with Crippen LogP contribution in [-0.4, -0.2) is 17.7 Å². The van der Waals surface area contributed by atoms with Crippen LogP contribution >= 0.6 is 11.6 Å². The minimum Gasteiger partial charge on any atom is -0.481 e. The second-order valence-corrected chi connectivity index (χ2v) is 5.73. The standard InChI is InChI=1S/C19H18ClN3O2/c1-3-18(15-5-4-6-16(20)11-15)22-23-19(24)13(2)25-17-9-7-14(12-21)8-10-17/h4-11,13H,3H2,1-2H3,(H,23,24)/b22-18+. The maximum atomic E-state index is 12.2. The number of carbonyl (C=O) groups is 1. The zero-order chi connectivity index (χ0) is 18.2. The van der Waals surface area contributed by atoms with Gasteiger partial charge in [-0.05, 0) is 55.3 Å². The van der Waals surface area contributed by atoms with Gasteiger partial charge in [-0.1, -0.05) is 30.7 Å². The number of benzene rings is 2. The van der Waals surface area contributed by atoms with E-state index in [-0.39, 0.29) is 5.91 Å². The molecule has 6 heteroatoms. The predicted octanol–water partition coefficient (Wildman–Crippen LogP) is 3.91. The molecule has 0 bridgehead atoms. The molecule has 1 amide bonds. The zero-order valence-corrected chi connectivity index (χ0v) is 14.7. The van der Waals surface area contributed by atoms with Crippen LogP contribution < -0.4 is 10.2 Å². The molecule has 0 aliphatic carbocycles. The number of halogens is 1. The SMILES string of the molecule is CC/C(=N\NC(=O)C(C)Oc1ccc(C#N)cc1)c1cccc(Cl)c1. The van der Waals surface area contributed by atoms with Crippen molar-refractivity contribution >= 4 is 23.2 Å². The van der Waals surface area contributed by atoms with E-state index in [2.05, 4.69) is 10.5 Å². The summed E-state index contributed by atoms with van der Waals surface area (Å²) in [5, 5.41) is 13.6. The Morgan fingerprint density at radius 2 is 2.04 bits per heavy atom. The number of rotatable bonds is 6. The monoisotopic (exact) mass is 355 g/mol. The van der Waals surface area contributed by atoms with Crippen LogP contribution in [0.3, 0.4) is 0 Å². The van der Waals surface area contributed by atoms with Crippen molar-refractivity contribution in [2.24, 2.45) is 5.10 Å². The Hall–Kier alpha value is -2.84. The van der Waals surface area contributed by atoms with E-state index in [1.165, 1.54) is 0 Å². The number of carbonyl (C=O) groups excluding carboxylic acids is 1. The lowest BCUT2D eigenvalue weighted by Crippen LogP contribution is -2.34. The summed E-state index contributed by atoms with van der Waals surface area (Å²) < 4.78 is 5.55. The molecule has 2 aromatic rings. The van der Waals surface area contributed by atoms with Crippen LogP contribution in [-0.2, 0) is 4.79 Å². The minimum atomic E-state index is -0.728. The molecule has 0 aromatic heterocycles. The molecule has 1 N–H and O–H groups in total. The van der Waals surface area contributed by atoms with Crippen molar-refractivity contribution < 1.29 is 9.53 Å². The highest BCUT2D eigenvalue weighted by molar-refractivity contribution is 6.31. The fourth-order valence-electron chi connectivity index (χ4n) is 2.09. The van der Waals surface area contributed by atoms with Gasteiger partial charge in [0.25, 0.3) is 5.91 Å². The first-order valence-corrected chi connectivity index (χ1v) is 8.20. The summed E-state index contributed by atoms with van der Waals surface area (Å²) in [5.41, 5.74) is 4.63. The molecule has 0 aliphatic rings. The van der Waals surface area contributed by atoms with Crippen LogP contribution in [0.4, 0.5) is 0 Å². The summed E-state index contributed by atoms with van der Waals surface area (Å²) in [7, 11) is 0. The van der Waals surface area contributed by atoms with Crippen LogP contribution in [0.2, 0.25) is 5.02 Å².